The summed E-state index contributed by atoms with van der Waals surface area (Å²) in [6, 6.07) is 15.0. The third-order valence-electron chi connectivity index (χ3n) is 8.63. The Labute approximate surface area is 238 Å². The van der Waals surface area contributed by atoms with Crippen molar-refractivity contribution in [2.45, 2.75) is 69.9 Å². The van der Waals surface area contributed by atoms with Crippen LogP contribution in [0.3, 0.4) is 0 Å². The number of aromatic nitrogens is 2. The number of benzene rings is 2. The van der Waals surface area contributed by atoms with Crippen LogP contribution < -0.4 is 10.2 Å². The molecule has 0 saturated carbocycles. The summed E-state index contributed by atoms with van der Waals surface area (Å²) in [6.07, 6.45) is 6.00. The van der Waals surface area contributed by atoms with Crippen molar-refractivity contribution in [3.8, 4) is 0 Å². The Kier molecular flexibility index (Phi) is 8.55. The van der Waals surface area contributed by atoms with Crippen LogP contribution in [0.1, 0.15) is 68.7 Å². The van der Waals surface area contributed by atoms with Gasteiger partial charge in [-0.15, -0.1) is 24.8 Å². The molecule has 3 aliphatic rings. The van der Waals surface area contributed by atoms with E-state index >= 15 is 0 Å². The van der Waals surface area contributed by atoms with E-state index in [9.17, 15) is 4.79 Å². The van der Waals surface area contributed by atoms with Crippen molar-refractivity contribution in [3.63, 3.8) is 0 Å². The quantitative estimate of drug-likeness (QED) is 0.461. The van der Waals surface area contributed by atoms with Crippen molar-refractivity contribution in [3.05, 3.63) is 65.6 Å². The minimum Gasteiger partial charge on any atom is -0.353 e. The second-order valence-corrected chi connectivity index (χ2v) is 11.5. The number of amides is 1. The Morgan fingerprint density at radius 2 is 1.74 bits per heavy atom. The lowest BCUT2D eigenvalue weighted by Crippen LogP contribution is -2.53. The summed E-state index contributed by atoms with van der Waals surface area (Å²) >= 11 is 0. The standard InChI is InChI=1S/C30H37N5O.2ClH/c1-20-11-12-24-26(20)28(32-19-31-24)34-15-17-35(18-16-34)29(36)27(25-13-14-30(2,3)33-25)23-10-6-8-21-7-4-5-9-22(21)23;;/h4-10,19-20,25,27,33H,11-18H2,1-3H3;2*1H/t20-,25+,27+;;/m1../s1. The lowest BCUT2D eigenvalue weighted by Gasteiger charge is -2.39. The van der Waals surface area contributed by atoms with Gasteiger partial charge in [0.1, 0.15) is 12.1 Å². The van der Waals surface area contributed by atoms with Crippen LogP contribution in [-0.4, -0.2) is 58.5 Å². The molecule has 38 heavy (non-hydrogen) atoms. The molecular formula is C30H39Cl2N5O. The summed E-state index contributed by atoms with van der Waals surface area (Å²) in [7, 11) is 0. The Bertz CT molecular complexity index is 1290. The predicted molar refractivity (Wildman–Crippen MR) is 159 cm³/mol. The fourth-order valence-corrected chi connectivity index (χ4v) is 6.67. The molecule has 1 amide bonds. The van der Waals surface area contributed by atoms with Crippen molar-refractivity contribution in [1.82, 2.24) is 20.2 Å². The summed E-state index contributed by atoms with van der Waals surface area (Å²) in [5, 5.41) is 6.19. The summed E-state index contributed by atoms with van der Waals surface area (Å²) in [4.78, 5) is 28.0. The van der Waals surface area contributed by atoms with E-state index < -0.39 is 0 Å². The number of rotatable bonds is 4. The van der Waals surface area contributed by atoms with Gasteiger partial charge in [-0.1, -0.05) is 49.4 Å². The Hall–Kier alpha value is -2.41. The number of carbonyl (C=O) groups excluding carboxylic acids is 1. The number of piperazine rings is 1. The van der Waals surface area contributed by atoms with Crippen molar-refractivity contribution in [2.24, 2.45) is 0 Å². The highest BCUT2D eigenvalue weighted by atomic mass is 35.5. The molecule has 1 aliphatic carbocycles. The van der Waals surface area contributed by atoms with Crippen LogP contribution in [0.4, 0.5) is 5.82 Å². The maximum Gasteiger partial charge on any atom is 0.231 e. The van der Waals surface area contributed by atoms with Crippen molar-refractivity contribution >= 4 is 47.3 Å². The SMILES string of the molecule is C[C@@H]1CCc2ncnc(N3CCN(C(=O)[C@@H](c4cccc5ccccc45)[C@@H]4CCC(C)(C)N4)CC3)c21.Cl.Cl. The zero-order valence-electron chi connectivity index (χ0n) is 22.5. The van der Waals surface area contributed by atoms with Crippen LogP contribution in [0, 0.1) is 0 Å². The van der Waals surface area contributed by atoms with E-state index in [1.807, 2.05) is 0 Å². The number of carbonyl (C=O) groups is 1. The van der Waals surface area contributed by atoms with E-state index in [2.05, 4.69) is 83.3 Å². The number of hydrogen-bond acceptors (Lipinski definition) is 5. The van der Waals surface area contributed by atoms with Gasteiger partial charge in [0, 0.05) is 49.0 Å². The van der Waals surface area contributed by atoms with Gasteiger partial charge < -0.3 is 15.1 Å². The zero-order valence-corrected chi connectivity index (χ0v) is 24.2. The van der Waals surface area contributed by atoms with Gasteiger partial charge >= 0.3 is 0 Å². The number of aryl methyl sites for hydroxylation is 1. The number of hydrogen-bond donors (Lipinski definition) is 1. The van der Waals surface area contributed by atoms with Crippen LogP contribution in [0.2, 0.25) is 0 Å². The minimum atomic E-state index is -0.187. The first-order valence-electron chi connectivity index (χ1n) is 13.5. The molecule has 2 fully saturated rings. The number of fused-ring (bicyclic) bond motifs is 2. The minimum absolute atomic E-state index is 0. The first-order valence-corrected chi connectivity index (χ1v) is 13.5. The predicted octanol–water partition coefficient (Wildman–Crippen LogP) is 5.49. The van der Waals surface area contributed by atoms with Gasteiger partial charge in [0.15, 0.2) is 0 Å². The maximum absolute atomic E-state index is 14.3. The smallest absolute Gasteiger partial charge is 0.231 e. The van der Waals surface area contributed by atoms with Crippen molar-refractivity contribution in [2.75, 3.05) is 31.1 Å². The molecule has 0 unspecified atom stereocenters. The molecule has 3 atom stereocenters. The molecule has 6 nitrogen and oxygen atoms in total. The van der Waals surface area contributed by atoms with Crippen LogP contribution >= 0.6 is 24.8 Å². The Morgan fingerprint density at radius 1 is 1.00 bits per heavy atom. The van der Waals surface area contributed by atoms with Gasteiger partial charge in [0.05, 0.1) is 5.92 Å². The molecule has 0 bridgehead atoms. The molecule has 2 saturated heterocycles. The monoisotopic (exact) mass is 555 g/mol. The Balaban J connectivity index is 0.00000168. The van der Waals surface area contributed by atoms with Gasteiger partial charge in [0.2, 0.25) is 5.91 Å². The highest BCUT2D eigenvalue weighted by Crippen LogP contribution is 2.39. The second-order valence-electron chi connectivity index (χ2n) is 11.5. The van der Waals surface area contributed by atoms with Crippen LogP contribution in [0.15, 0.2) is 48.8 Å². The lowest BCUT2D eigenvalue weighted by atomic mass is 9.85. The average Bonchev–Trinajstić information content (AvgIpc) is 3.46. The summed E-state index contributed by atoms with van der Waals surface area (Å²) in [5.41, 5.74) is 3.73. The first-order chi connectivity index (χ1) is 17.4. The highest BCUT2D eigenvalue weighted by molar-refractivity contribution is 5.93. The van der Waals surface area contributed by atoms with E-state index in [1.54, 1.807) is 6.33 Å². The van der Waals surface area contributed by atoms with E-state index in [4.69, 9.17) is 4.98 Å². The van der Waals surface area contributed by atoms with Crippen LogP contribution in [0.25, 0.3) is 10.8 Å². The fourth-order valence-electron chi connectivity index (χ4n) is 6.67. The van der Waals surface area contributed by atoms with E-state index in [0.29, 0.717) is 5.92 Å². The highest BCUT2D eigenvalue weighted by Gasteiger charge is 2.41. The van der Waals surface area contributed by atoms with Gasteiger partial charge in [-0.25, -0.2) is 9.97 Å². The van der Waals surface area contributed by atoms with Crippen LogP contribution in [0.5, 0.6) is 0 Å². The average molecular weight is 557 g/mol. The molecule has 1 aromatic heterocycles. The molecule has 0 spiro atoms. The van der Waals surface area contributed by atoms with Crippen molar-refractivity contribution < 1.29 is 4.79 Å². The summed E-state index contributed by atoms with van der Waals surface area (Å²) in [6.45, 7) is 9.85. The van der Waals surface area contributed by atoms with E-state index in [0.717, 1.165) is 63.2 Å². The van der Waals surface area contributed by atoms with Crippen LogP contribution in [-0.2, 0) is 11.2 Å². The molecule has 6 rings (SSSR count). The topological polar surface area (TPSA) is 61.4 Å². The molecular weight excluding hydrogens is 517 g/mol. The Morgan fingerprint density at radius 3 is 2.47 bits per heavy atom. The van der Waals surface area contributed by atoms with E-state index in [1.165, 1.54) is 22.0 Å². The largest absolute Gasteiger partial charge is 0.353 e. The number of anilines is 1. The molecule has 1 N–H and O–H groups in total. The number of nitrogens with zero attached hydrogens (tertiary/aromatic N) is 4. The van der Waals surface area contributed by atoms with Gasteiger partial charge in [0.25, 0.3) is 0 Å². The normalized spacial score (nSPS) is 22.9. The fraction of sp³-hybridized carbons (Fsp3) is 0.500. The van der Waals surface area contributed by atoms with Gasteiger partial charge in [-0.3, -0.25) is 4.79 Å². The number of nitrogens with one attached hydrogen (secondary N) is 1. The summed E-state index contributed by atoms with van der Waals surface area (Å²) in [5.74, 6) is 1.65. The third kappa shape index (κ3) is 5.23. The number of halogens is 2. The van der Waals surface area contributed by atoms with E-state index in [-0.39, 0.29) is 48.2 Å². The molecule has 2 aromatic carbocycles. The maximum atomic E-state index is 14.3. The second kappa shape index (κ2) is 11.4. The molecule has 0 radical (unpaired) electrons. The molecule has 3 aromatic rings. The van der Waals surface area contributed by atoms with Crippen molar-refractivity contribution in [1.29, 1.82) is 0 Å². The van der Waals surface area contributed by atoms with Gasteiger partial charge in [-0.05, 0) is 61.8 Å². The lowest BCUT2D eigenvalue weighted by molar-refractivity contribution is -0.133. The van der Waals surface area contributed by atoms with Gasteiger partial charge in [-0.2, -0.15) is 0 Å². The zero-order chi connectivity index (χ0) is 24.9. The molecule has 8 heteroatoms. The molecule has 3 heterocycles. The molecule has 204 valence electrons. The molecule has 2 aliphatic heterocycles. The first kappa shape index (κ1) is 28.6. The third-order valence-corrected chi connectivity index (χ3v) is 8.63. The summed E-state index contributed by atoms with van der Waals surface area (Å²) < 4.78 is 0.